The first-order valence-electron chi connectivity index (χ1n) is 2.94. The zero-order valence-electron chi connectivity index (χ0n) is 6.57. The molecule has 0 unspecified atom stereocenters. The normalized spacial score (nSPS) is 10.5. The van der Waals surface area contributed by atoms with Gasteiger partial charge in [0.15, 0.2) is 0 Å². The summed E-state index contributed by atoms with van der Waals surface area (Å²) in [6.07, 6.45) is -5.04. The van der Waals surface area contributed by atoms with Gasteiger partial charge in [-0.1, -0.05) is 6.58 Å². The number of ether oxygens (including phenoxy) is 1. The molecule has 0 saturated heterocycles. The van der Waals surface area contributed by atoms with E-state index in [1.807, 2.05) is 0 Å². The Morgan fingerprint density at radius 2 is 1.85 bits per heavy atom. The molecule has 1 N–H and O–H groups in total. The monoisotopic (exact) mass is 197 g/mol. The number of nitrogens with one attached hydrogen (secondary N) is 1. The maximum atomic E-state index is 11.6. The molecule has 4 nitrogen and oxygen atoms in total. The number of halogens is 3. The number of esters is 1. The maximum Gasteiger partial charge on any atom is 0.471 e. The van der Waals surface area contributed by atoms with Crippen LogP contribution in [0.4, 0.5) is 13.2 Å². The molecule has 0 fully saturated rings. The van der Waals surface area contributed by atoms with Crippen molar-refractivity contribution in [3.05, 3.63) is 12.3 Å². The molecule has 0 radical (unpaired) electrons. The van der Waals surface area contributed by atoms with Crippen molar-refractivity contribution in [3.63, 3.8) is 0 Å². The summed E-state index contributed by atoms with van der Waals surface area (Å²) in [5.41, 5.74) is -0.759. The highest BCUT2D eigenvalue weighted by Gasteiger charge is 2.39. The first kappa shape index (κ1) is 11.5. The fourth-order valence-electron chi connectivity index (χ4n) is 0.382. The fraction of sp³-hybridized carbons (Fsp3) is 0.333. The van der Waals surface area contributed by atoms with Gasteiger partial charge in [-0.15, -0.1) is 0 Å². The molecule has 1 amide bonds. The van der Waals surface area contributed by atoms with Crippen molar-refractivity contribution in [1.29, 1.82) is 0 Å². The molecular formula is C6H6F3NO3. The Bertz CT molecular complexity index is 246. The van der Waals surface area contributed by atoms with Gasteiger partial charge in [0, 0.05) is 0 Å². The molecule has 0 heterocycles. The van der Waals surface area contributed by atoms with Crippen LogP contribution in [-0.4, -0.2) is 25.2 Å². The minimum absolute atomic E-state index is 0.759. The van der Waals surface area contributed by atoms with E-state index in [0.29, 0.717) is 0 Å². The molecule has 0 rings (SSSR count). The van der Waals surface area contributed by atoms with Crippen LogP contribution in [0.25, 0.3) is 0 Å². The van der Waals surface area contributed by atoms with Crippen LogP contribution in [0.1, 0.15) is 0 Å². The largest absolute Gasteiger partial charge is 0.471 e. The third-order valence-electron chi connectivity index (χ3n) is 0.954. The van der Waals surface area contributed by atoms with Crippen LogP contribution >= 0.6 is 0 Å². The molecule has 0 saturated carbocycles. The van der Waals surface area contributed by atoms with Crippen molar-refractivity contribution < 1.29 is 27.5 Å². The van der Waals surface area contributed by atoms with Crippen LogP contribution in [0.5, 0.6) is 0 Å². The number of amides is 1. The summed E-state index contributed by atoms with van der Waals surface area (Å²) in [6.45, 7) is 2.87. The number of carbonyl (C=O) groups excluding carboxylic acids is 2. The van der Waals surface area contributed by atoms with Gasteiger partial charge in [0.25, 0.3) is 0 Å². The third kappa shape index (κ3) is 3.59. The highest BCUT2D eigenvalue weighted by Crippen LogP contribution is 2.14. The molecule has 13 heavy (non-hydrogen) atoms. The van der Waals surface area contributed by atoms with E-state index < -0.39 is 23.7 Å². The van der Waals surface area contributed by atoms with E-state index in [9.17, 15) is 22.8 Å². The molecule has 0 aromatic carbocycles. The van der Waals surface area contributed by atoms with Gasteiger partial charge < -0.3 is 10.1 Å². The molecule has 0 spiro atoms. The first-order chi connectivity index (χ1) is 5.79. The van der Waals surface area contributed by atoms with E-state index in [0.717, 1.165) is 7.11 Å². The van der Waals surface area contributed by atoms with Gasteiger partial charge in [-0.3, -0.25) is 4.79 Å². The summed E-state index contributed by atoms with van der Waals surface area (Å²) in [4.78, 5) is 20.7. The standard InChI is InChI=1S/C6H6F3NO3/c1-3(4(11)13-2)10-5(12)6(7,8)9/h1H2,2H3,(H,10,12). The topological polar surface area (TPSA) is 55.4 Å². The summed E-state index contributed by atoms with van der Waals surface area (Å²) in [7, 11) is 0.952. The predicted octanol–water partition coefficient (Wildman–Crippen LogP) is 0.352. The molecule has 0 aliphatic carbocycles. The lowest BCUT2D eigenvalue weighted by molar-refractivity contribution is -0.173. The van der Waals surface area contributed by atoms with E-state index in [4.69, 9.17) is 0 Å². The smallest absolute Gasteiger partial charge is 0.464 e. The van der Waals surface area contributed by atoms with Gasteiger partial charge in [0.2, 0.25) is 0 Å². The highest BCUT2D eigenvalue weighted by atomic mass is 19.4. The van der Waals surface area contributed by atoms with Crippen LogP contribution in [0.15, 0.2) is 12.3 Å². The van der Waals surface area contributed by atoms with Crippen LogP contribution in [-0.2, 0) is 14.3 Å². The van der Waals surface area contributed by atoms with E-state index in [-0.39, 0.29) is 0 Å². The lowest BCUT2D eigenvalue weighted by atomic mass is 10.4. The Kier molecular flexibility index (Phi) is 3.46. The van der Waals surface area contributed by atoms with Crippen molar-refractivity contribution in [1.82, 2.24) is 5.32 Å². The van der Waals surface area contributed by atoms with Gasteiger partial charge in [-0.05, 0) is 0 Å². The van der Waals surface area contributed by atoms with E-state index in [1.165, 1.54) is 5.32 Å². The summed E-state index contributed by atoms with van der Waals surface area (Å²) in [6, 6.07) is 0. The molecule has 0 aliphatic heterocycles. The quantitative estimate of drug-likeness (QED) is 0.513. The second kappa shape index (κ2) is 3.92. The molecule has 7 heteroatoms. The van der Waals surface area contributed by atoms with Gasteiger partial charge >= 0.3 is 18.1 Å². The first-order valence-corrected chi connectivity index (χ1v) is 2.94. The average Bonchev–Trinajstić information content (AvgIpc) is 2.01. The number of hydrogen-bond acceptors (Lipinski definition) is 3. The second-order valence-electron chi connectivity index (χ2n) is 1.92. The molecule has 0 aromatic rings. The third-order valence-corrected chi connectivity index (χ3v) is 0.954. The van der Waals surface area contributed by atoms with E-state index in [2.05, 4.69) is 11.3 Å². The zero-order valence-corrected chi connectivity index (χ0v) is 6.57. The SMILES string of the molecule is C=C(NC(=O)C(F)(F)F)C(=O)OC. The fourth-order valence-corrected chi connectivity index (χ4v) is 0.382. The number of hydrogen-bond donors (Lipinski definition) is 1. The van der Waals surface area contributed by atoms with Gasteiger partial charge in [-0.2, -0.15) is 13.2 Å². The lowest BCUT2D eigenvalue weighted by Crippen LogP contribution is -2.38. The summed E-state index contributed by atoms with van der Waals surface area (Å²) < 4.78 is 38.7. The van der Waals surface area contributed by atoms with Crippen LogP contribution in [0, 0.1) is 0 Å². The maximum absolute atomic E-state index is 11.6. The summed E-state index contributed by atoms with van der Waals surface area (Å²) in [5, 5.41) is 1.24. The molecule has 0 atom stereocenters. The predicted molar refractivity (Wildman–Crippen MR) is 35.4 cm³/mol. The van der Waals surface area contributed by atoms with Crippen molar-refractivity contribution in [2.75, 3.05) is 7.11 Å². The number of methoxy groups -OCH3 is 1. The second-order valence-corrected chi connectivity index (χ2v) is 1.92. The zero-order chi connectivity index (χ0) is 10.6. The van der Waals surface area contributed by atoms with Crippen LogP contribution < -0.4 is 5.32 Å². The van der Waals surface area contributed by atoms with Crippen molar-refractivity contribution >= 4 is 11.9 Å². The Morgan fingerprint density at radius 3 is 2.15 bits per heavy atom. The number of carbonyl (C=O) groups is 2. The Balaban J connectivity index is 4.24. The Morgan fingerprint density at radius 1 is 1.38 bits per heavy atom. The van der Waals surface area contributed by atoms with Crippen molar-refractivity contribution in [3.8, 4) is 0 Å². The highest BCUT2D eigenvalue weighted by molar-refractivity contribution is 5.94. The van der Waals surface area contributed by atoms with Gasteiger partial charge in [-0.25, -0.2) is 4.79 Å². The van der Waals surface area contributed by atoms with Gasteiger partial charge in [0.1, 0.15) is 5.70 Å². The molecular weight excluding hydrogens is 191 g/mol. The molecule has 0 bridgehead atoms. The Hall–Kier alpha value is -1.53. The Labute approximate surface area is 71.4 Å². The number of rotatable bonds is 2. The molecule has 74 valence electrons. The minimum Gasteiger partial charge on any atom is -0.464 e. The summed E-state index contributed by atoms with van der Waals surface area (Å²) >= 11 is 0. The summed E-state index contributed by atoms with van der Waals surface area (Å²) in [5.74, 6) is -3.39. The van der Waals surface area contributed by atoms with Crippen molar-refractivity contribution in [2.45, 2.75) is 6.18 Å². The van der Waals surface area contributed by atoms with Crippen molar-refractivity contribution in [2.24, 2.45) is 0 Å². The van der Waals surface area contributed by atoms with Crippen LogP contribution in [0.2, 0.25) is 0 Å². The number of alkyl halides is 3. The lowest BCUT2D eigenvalue weighted by Gasteiger charge is -2.07. The molecule has 0 aliphatic rings. The molecule has 0 aromatic heterocycles. The van der Waals surface area contributed by atoms with Gasteiger partial charge in [0.05, 0.1) is 7.11 Å². The average molecular weight is 197 g/mol. The minimum atomic E-state index is -5.04. The van der Waals surface area contributed by atoms with Crippen LogP contribution in [0.3, 0.4) is 0 Å². The van der Waals surface area contributed by atoms with E-state index in [1.54, 1.807) is 0 Å². The van der Waals surface area contributed by atoms with E-state index >= 15 is 0 Å².